The van der Waals surface area contributed by atoms with Crippen LogP contribution in [0.2, 0.25) is 0 Å². The number of carbonyl (C=O) groups excluding carboxylic acids is 1. The Morgan fingerprint density at radius 2 is 2.11 bits per heavy atom. The summed E-state index contributed by atoms with van der Waals surface area (Å²) in [5.74, 6) is 1.41. The molecule has 1 fully saturated rings. The zero-order valence-corrected chi connectivity index (χ0v) is 12.3. The lowest BCUT2D eigenvalue weighted by molar-refractivity contribution is 0.0722. The minimum atomic E-state index is 0.134. The van der Waals surface area contributed by atoms with Gasteiger partial charge in [-0.1, -0.05) is 19.9 Å². The molecule has 2 rings (SSSR count). The van der Waals surface area contributed by atoms with E-state index in [1.807, 2.05) is 30.0 Å². The first-order valence-corrected chi connectivity index (χ1v) is 6.98. The Bertz CT molecular complexity index is 464. The van der Waals surface area contributed by atoms with E-state index < -0.39 is 0 Å². The normalized spacial score (nSPS) is 14.6. The minimum Gasteiger partial charge on any atom is -0.496 e. The molecule has 19 heavy (non-hydrogen) atoms. The number of amides is 1. The summed E-state index contributed by atoms with van der Waals surface area (Å²) in [6.07, 6.45) is 2.28. The molecule has 0 heterocycles. The van der Waals surface area contributed by atoms with Crippen LogP contribution in [-0.2, 0) is 0 Å². The number of hydrogen-bond acceptors (Lipinski definition) is 2. The number of hydrogen-bond donors (Lipinski definition) is 0. The van der Waals surface area contributed by atoms with Gasteiger partial charge in [0, 0.05) is 18.2 Å². The van der Waals surface area contributed by atoms with Gasteiger partial charge in [-0.3, -0.25) is 4.79 Å². The number of aryl methyl sites for hydroxylation is 1. The molecule has 104 valence electrons. The number of carbonyl (C=O) groups is 1. The molecule has 1 aliphatic carbocycles. The zero-order valence-electron chi connectivity index (χ0n) is 12.3. The van der Waals surface area contributed by atoms with E-state index in [1.165, 1.54) is 0 Å². The molecule has 0 aromatic heterocycles. The maximum absolute atomic E-state index is 12.6. The number of benzene rings is 1. The lowest BCUT2D eigenvalue weighted by atomic mass is 10.1. The highest BCUT2D eigenvalue weighted by Gasteiger charge is 2.33. The van der Waals surface area contributed by atoms with Crippen LogP contribution in [0.25, 0.3) is 0 Å². The molecule has 0 saturated heterocycles. The van der Waals surface area contributed by atoms with Gasteiger partial charge < -0.3 is 9.64 Å². The Kier molecular flexibility index (Phi) is 4.13. The first kappa shape index (κ1) is 13.9. The summed E-state index contributed by atoms with van der Waals surface area (Å²) < 4.78 is 5.30. The predicted molar refractivity (Wildman–Crippen MR) is 76.6 cm³/mol. The fourth-order valence-corrected chi connectivity index (χ4v) is 2.30. The summed E-state index contributed by atoms with van der Waals surface area (Å²) in [6, 6.07) is 6.15. The second kappa shape index (κ2) is 5.64. The highest BCUT2D eigenvalue weighted by Crippen LogP contribution is 2.30. The van der Waals surface area contributed by atoms with E-state index in [4.69, 9.17) is 4.74 Å². The van der Waals surface area contributed by atoms with E-state index in [9.17, 15) is 4.79 Å². The smallest absolute Gasteiger partial charge is 0.254 e. The summed E-state index contributed by atoms with van der Waals surface area (Å²) >= 11 is 0. The third kappa shape index (κ3) is 3.28. The van der Waals surface area contributed by atoms with Crippen LogP contribution >= 0.6 is 0 Å². The highest BCUT2D eigenvalue weighted by atomic mass is 16.5. The third-order valence-corrected chi connectivity index (χ3v) is 3.47. The number of nitrogens with zero attached hydrogens (tertiary/aromatic N) is 1. The highest BCUT2D eigenvalue weighted by molar-refractivity contribution is 5.95. The van der Waals surface area contributed by atoms with Crippen molar-refractivity contribution in [2.45, 2.75) is 39.7 Å². The first-order valence-electron chi connectivity index (χ1n) is 6.98. The van der Waals surface area contributed by atoms with Crippen LogP contribution in [0.5, 0.6) is 5.75 Å². The molecule has 1 saturated carbocycles. The topological polar surface area (TPSA) is 29.5 Å². The molecule has 3 heteroatoms. The van der Waals surface area contributed by atoms with Crippen LogP contribution < -0.4 is 4.74 Å². The maximum atomic E-state index is 12.6. The lowest BCUT2D eigenvalue weighted by Crippen LogP contribution is -2.36. The van der Waals surface area contributed by atoms with E-state index in [2.05, 4.69) is 13.8 Å². The standard InChI is InChI=1S/C16H23NO2/c1-11(2)10-17(14-7-8-14)16(18)13-6-5-12(3)15(9-13)19-4/h5-6,9,11,14H,7-8,10H2,1-4H3. The molecule has 1 aromatic rings. The zero-order chi connectivity index (χ0) is 14.0. The van der Waals surface area contributed by atoms with Gasteiger partial charge in [0.25, 0.3) is 5.91 Å². The van der Waals surface area contributed by atoms with Gasteiger partial charge in [-0.05, 0) is 43.4 Å². The summed E-state index contributed by atoms with van der Waals surface area (Å²) in [6.45, 7) is 7.12. The average molecular weight is 261 g/mol. The largest absolute Gasteiger partial charge is 0.496 e. The fourth-order valence-electron chi connectivity index (χ4n) is 2.30. The van der Waals surface area contributed by atoms with Crippen molar-refractivity contribution in [1.82, 2.24) is 4.90 Å². The maximum Gasteiger partial charge on any atom is 0.254 e. The SMILES string of the molecule is COc1cc(C(=O)N(CC(C)C)C2CC2)ccc1C. The molecule has 0 aliphatic heterocycles. The van der Waals surface area contributed by atoms with Crippen molar-refractivity contribution in [3.63, 3.8) is 0 Å². The number of rotatable bonds is 5. The van der Waals surface area contributed by atoms with Gasteiger partial charge in [0.2, 0.25) is 0 Å². The van der Waals surface area contributed by atoms with Crippen LogP contribution in [0.15, 0.2) is 18.2 Å². The lowest BCUT2D eigenvalue weighted by Gasteiger charge is -2.24. The van der Waals surface area contributed by atoms with Crippen molar-refractivity contribution in [3.05, 3.63) is 29.3 Å². The fraction of sp³-hybridized carbons (Fsp3) is 0.562. The molecule has 1 amide bonds. The molecule has 0 unspecified atom stereocenters. The van der Waals surface area contributed by atoms with Gasteiger partial charge in [0.15, 0.2) is 0 Å². The Balaban J connectivity index is 2.21. The Hall–Kier alpha value is -1.51. The van der Waals surface area contributed by atoms with Crippen LogP contribution in [0.3, 0.4) is 0 Å². The molecular weight excluding hydrogens is 238 g/mol. The van der Waals surface area contributed by atoms with Crippen LogP contribution in [-0.4, -0.2) is 30.5 Å². The van der Waals surface area contributed by atoms with Gasteiger partial charge in [0.05, 0.1) is 7.11 Å². The van der Waals surface area contributed by atoms with Crippen molar-refractivity contribution in [1.29, 1.82) is 0 Å². The molecule has 0 N–H and O–H groups in total. The van der Waals surface area contributed by atoms with Gasteiger partial charge in [-0.2, -0.15) is 0 Å². The molecule has 1 aliphatic rings. The molecule has 0 bridgehead atoms. The Morgan fingerprint density at radius 3 is 2.63 bits per heavy atom. The second-order valence-electron chi connectivity index (χ2n) is 5.77. The summed E-state index contributed by atoms with van der Waals surface area (Å²) in [4.78, 5) is 14.6. The van der Waals surface area contributed by atoms with E-state index in [-0.39, 0.29) is 5.91 Å². The van der Waals surface area contributed by atoms with Crippen LogP contribution in [0.4, 0.5) is 0 Å². The van der Waals surface area contributed by atoms with E-state index in [0.717, 1.165) is 36.3 Å². The summed E-state index contributed by atoms with van der Waals surface area (Å²) in [5.41, 5.74) is 1.79. The Morgan fingerprint density at radius 1 is 1.42 bits per heavy atom. The predicted octanol–water partition coefficient (Wildman–Crippen LogP) is 3.26. The molecule has 0 atom stereocenters. The molecule has 3 nitrogen and oxygen atoms in total. The summed E-state index contributed by atoms with van der Waals surface area (Å²) in [7, 11) is 1.64. The van der Waals surface area contributed by atoms with Crippen molar-refractivity contribution >= 4 is 5.91 Å². The molecule has 0 radical (unpaired) electrons. The van der Waals surface area contributed by atoms with E-state index in [0.29, 0.717) is 12.0 Å². The van der Waals surface area contributed by atoms with E-state index in [1.54, 1.807) is 7.11 Å². The number of ether oxygens (including phenoxy) is 1. The van der Waals surface area contributed by atoms with Crippen molar-refractivity contribution in [2.24, 2.45) is 5.92 Å². The average Bonchev–Trinajstić information content (AvgIpc) is 3.20. The second-order valence-corrected chi connectivity index (χ2v) is 5.77. The van der Waals surface area contributed by atoms with Crippen LogP contribution in [0, 0.1) is 12.8 Å². The van der Waals surface area contributed by atoms with Crippen LogP contribution in [0.1, 0.15) is 42.6 Å². The van der Waals surface area contributed by atoms with Gasteiger partial charge in [-0.15, -0.1) is 0 Å². The van der Waals surface area contributed by atoms with Gasteiger partial charge >= 0.3 is 0 Å². The summed E-state index contributed by atoms with van der Waals surface area (Å²) in [5, 5.41) is 0. The Labute approximate surface area is 115 Å². The first-order chi connectivity index (χ1) is 9.02. The van der Waals surface area contributed by atoms with Crippen molar-refractivity contribution in [3.8, 4) is 5.75 Å². The van der Waals surface area contributed by atoms with Crippen molar-refractivity contribution in [2.75, 3.05) is 13.7 Å². The van der Waals surface area contributed by atoms with E-state index >= 15 is 0 Å². The third-order valence-electron chi connectivity index (χ3n) is 3.47. The monoisotopic (exact) mass is 261 g/mol. The van der Waals surface area contributed by atoms with Crippen molar-refractivity contribution < 1.29 is 9.53 Å². The molecule has 0 spiro atoms. The van der Waals surface area contributed by atoms with Gasteiger partial charge in [-0.25, -0.2) is 0 Å². The number of methoxy groups -OCH3 is 1. The van der Waals surface area contributed by atoms with Gasteiger partial charge in [0.1, 0.15) is 5.75 Å². The molecular formula is C16H23NO2. The quantitative estimate of drug-likeness (QED) is 0.814. The molecule has 1 aromatic carbocycles. The minimum absolute atomic E-state index is 0.134.